The van der Waals surface area contributed by atoms with Crippen LogP contribution in [0, 0.1) is 0 Å². The van der Waals surface area contributed by atoms with Gasteiger partial charge in [-0.1, -0.05) is 6.42 Å². The van der Waals surface area contributed by atoms with Crippen molar-refractivity contribution in [1.29, 1.82) is 0 Å². The van der Waals surface area contributed by atoms with Crippen molar-refractivity contribution in [3.05, 3.63) is 23.9 Å². The number of piperidine rings is 1. The lowest BCUT2D eigenvalue weighted by molar-refractivity contribution is 0.1000. The van der Waals surface area contributed by atoms with Crippen LogP contribution in [-0.4, -0.2) is 73.0 Å². The number of anilines is 1. The molecule has 0 radical (unpaired) electrons. The predicted octanol–water partition coefficient (Wildman–Crippen LogP) is 1.18. The van der Waals surface area contributed by atoms with E-state index in [-0.39, 0.29) is 0 Å². The summed E-state index contributed by atoms with van der Waals surface area (Å²) < 4.78 is 0. The van der Waals surface area contributed by atoms with Crippen LogP contribution in [0.3, 0.4) is 0 Å². The standard InChI is InChI=1S/C18H29N5O/c1-21-9-3-2-5-15(21)7-10-22-11-13-23(14-12-22)18-16(17(19)24)6-4-8-20-18/h4,6,8,15H,2-3,5,7,9-14H2,1H3,(H2,19,24). The second-order valence-electron chi connectivity index (χ2n) is 6.99. The second kappa shape index (κ2) is 7.94. The van der Waals surface area contributed by atoms with E-state index in [0.717, 1.165) is 44.6 Å². The molecule has 24 heavy (non-hydrogen) atoms. The van der Waals surface area contributed by atoms with Crippen LogP contribution in [0.2, 0.25) is 0 Å². The number of primary amides is 1. The van der Waals surface area contributed by atoms with Gasteiger partial charge in [-0.05, 0) is 51.5 Å². The van der Waals surface area contributed by atoms with Gasteiger partial charge in [0.15, 0.2) is 0 Å². The minimum Gasteiger partial charge on any atom is -0.365 e. The van der Waals surface area contributed by atoms with Gasteiger partial charge in [-0.25, -0.2) is 4.98 Å². The van der Waals surface area contributed by atoms with Crippen LogP contribution in [0.25, 0.3) is 0 Å². The summed E-state index contributed by atoms with van der Waals surface area (Å²) in [5.41, 5.74) is 5.99. The van der Waals surface area contributed by atoms with Crippen molar-refractivity contribution in [2.75, 3.05) is 51.2 Å². The number of carbonyl (C=O) groups excluding carboxylic acids is 1. The van der Waals surface area contributed by atoms with E-state index in [1.165, 1.54) is 32.2 Å². The van der Waals surface area contributed by atoms with Crippen molar-refractivity contribution < 1.29 is 4.79 Å². The number of likely N-dealkylation sites (tertiary alicyclic amines) is 1. The van der Waals surface area contributed by atoms with Crippen LogP contribution < -0.4 is 10.6 Å². The molecular formula is C18H29N5O. The first kappa shape index (κ1) is 17.2. The smallest absolute Gasteiger partial charge is 0.252 e. The summed E-state index contributed by atoms with van der Waals surface area (Å²) in [6, 6.07) is 4.27. The zero-order valence-electron chi connectivity index (χ0n) is 14.7. The molecule has 2 saturated heterocycles. The molecule has 0 bridgehead atoms. The first-order valence-corrected chi connectivity index (χ1v) is 9.07. The van der Waals surface area contributed by atoms with Gasteiger partial charge in [0.25, 0.3) is 5.91 Å². The molecule has 2 aliphatic heterocycles. The number of rotatable bonds is 5. The fraction of sp³-hybridized carbons (Fsp3) is 0.667. The molecule has 6 nitrogen and oxygen atoms in total. The molecule has 1 atom stereocenters. The average molecular weight is 331 g/mol. The molecule has 1 aromatic rings. The van der Waals surface area contributed by atoms with E-state index in [0.29, 0.717) is 5.56 Å². The molecule has 6 heteroatoms. The Morgan fingerprint density at radius 2 is 2.04 bits per heavy atom. The third-order valence-corrected chi connectivity index (χ3v) is 5.42. The molecule has 2 aliphatic rings. The van der Waals surface area contributed by atoms with Gasteiger partial charge in [0.05, 0.1) is 5.56 Å². The van der Waals surface area contributed by atoms with Crippen molar-refractivity contribution in [3.8, 4) is 0 Å². The number of nitrogens with two attached hydrogens (primary N) is 1. The Balaban J connectivity index is 1.50. The van der Waals surface area contributed by atoms with E-state index < -0.39 is 5.91 Å². The van der Waals surface area contributed by atoms with E-state index >= 15 is 0 Å². The van der Waals surface area contributed by atoms with Gasteiger partial charge in [-0.2, -0.15) is 0 Å². The van der Waals surface area contributed by atoms with Crippen LogP contribution >= 0.6 is 0 Å². The third-order valence-electron chi connectivity index (χ3n) is 5.42. The molecule has 0 aromatic carbocycles. The molecule has 1 aromatic heterocycles. The monoisotopic (exact) mass is 331 g/mol. The summed E-state index contributed by atoms with van der Waals surface area (Å²) >= 11 is 0. The summed E-state index contributed by atoms with van der Waals surface area (Å²) in [5, 5.41) is 0. The van der Waals surface area contributed by atoms with Crippen LogP contribution in [0.15, 0.2) is 18.3 Å². The highest BCUT2D eigenvalue weighted by Crippen LogP contribution is 2.20. The molecule has 1 unspecified atom stereocenters. The fourth-order valence-electron chi connectivity index (χ4n) is 3.87. The topological polar surface area (TPSA) is 65.7 Å². The lowest BCUT2D eigenvalue weighted by Gasteiger charge is -2.38. The summed E-state index contributed by atoms with van der Waals surface area (Å²) in [6.07, 6.45) is 7.04. The Morgan fingerprint density at radius 3 is 2.75 bits per heavy atom. The number of pyridine rings is 1. The molecule has 3 rings (SSSR count). The summed E-state index contributed by atoms with van der Waals surface area (Å²) in [7, 11) is 2.26. The van der Waals surface area contributed by atoms with Gasteiger partial charge in [0.1, 0.15) is 5.82 Å². The normalized spacial score (nSPS) is 23.4. The van der Waals surface area contributed by atoms with Gasteiger partial charge in [0.2, 0.25) is 0 Å². The minimum absolute atomic E-state index is 0.402. The molecule has 0 aliphatic carbocycles. The lowest BCUT2D eigenvalue weighted by Crippen LogP contribution is -2.48. The molecular weight excluding hydrogens is 302 g/mol. The van der Waals surface area contributed by atoms with Gasteiger partial charge < -0.3 is 15.5 Å². The maximum atomic E-state index is 11.6. The Bertz CT molecular complexity index is 556. The number of carbonyl (C=O) groups is 1. The lowest BCUT2D eigenvalue weighted by atomic mass is 10.00. The summed E-state index contributed by atoms with van der Waals surface area (Å²) in [6.45, 7) is 6.24. The van der Waals surface area contributed by atoms with Crippen molar-refractivity contribution >= 4 is 11.7 Å². The van der Waals surface area contributed by atoms with Crippen molar-refractivity contribution in [3.63, 3.8) is 0 Å². The molecule has 132 valence electrons. The van der Waals surface area contributed by atoms with E-state index in [1.54, 1.807) is 18.3 Å². The van der Waals surface area contributed by atoms with Crippen molar-refractivity contribution in [1.82, 2.24) is 14.8 Å². The van der Waals surface area contributed by atoms with Crippen LogP contribution in [0.5, 0.6) is 0 Å². The van der Waals surface area contributed by atoms with E-state index in [4.69, 9.17) is 5.73 Å². The minimum atomic E-state index is -0.402. The van der Waals surface area contributed by atoms with Crippen molar-refractivity contribution in [2.24, 2.45) is 5.73 Å². The third kappa shape index (κ3) is 4.05. The van der Waals surface area contributed by atoms with E-state index in [9.17, 15) is 4.79 Å². The van der Waals surface area contributed by atoms with Gasteiger partial charge in [0, 0.05) is 38.4 Å². The zero-order valence-corrected chi connectivity index (χ0v) is 14.7. The highest BCUT2D eigenvalue weighted by Gasteiger charge is 2.23. The molecule has 1 amide bonds. The number of hydrogen-bond acceptors (Lipinski definition) is 5. The first-order chi connectivity index (χ1) is 11.6. The predicted molar refractivity (Wildman–Crippen MR) is 96.3 cm³/mol. The van der Waals surface area contributed by atoms with Gasteiger partial charge in [-0.3, -0.25) is 9.69 Å². The SMILES string of the molecule is CN1CCCCC1CCN1CCN(c2ncccc2C(N)=O)CC1. The maximum Gasteiger partial charge on any atom is 0.252 e. The highest BCUT2D eigenvalue weighted by molar-refractivity contribution is 5.97. The van der Waals surface area contributed by atoms with E-state index in [2.05, 4.69) is 26.7 Å². The molecule has 0 spiro atoms. The van der Waals surface area contributed by atoms with Crippen LogP contribution in [0.4, 0.5) is 5.82 Å². The summed E-state index contributed by atoms with van der Waals surface area (Å²) in [5.74, 6) is 0.331. The quantitative estimate of drug-likeness (QED) is 0.877. The number of piperazine rings is 1. The Kier molecular flexibility index (Phi) is 5.68. The highest BCUT2D eigenvalue weighted by atomic mass is 16.1. The van der Waals surface area contributed by atoms with Crippen LogP contribution in [-0.2, 0) is 0 Å². The summed E-state index contributed by atoms with van der Waals surface area (Å²) in [4.78, 5) is 23.2. The average Bonchev–Trinajstić information content (AvgIpc) is 2.61. The number of aromatic nitrogens is 1. The molecule has 2 N–H and O–H groups in total. The molecule has 0 saturated carbocycles. The van der Waals surface area contributed by atoms with E-state index in [1.807, 2.05) is 0 Å². The number of amides is 1. The first-order valence-electron chi connectivity index (χ1n) is 9.07. The molecule has 3 heterocycles. The van der Waals surface area contributed by atoms with Crippen molar-refractivity contribution in [2.45, 2.75) is 31.7 Å². The van der Waals surface area contributed by atoms with Gasteiger partial charge in [-0.15, -0.1) is 0 Å². The Labute approximate surface area is 144 Å². The number of nitrogens with zero attached hydrogens (tertiary/aromatic N) is 4. The Morgan fingerprint density at radius 1 is 1.25 bits per heavy atom. The van der Waals surface area contributed by atoms with Gasteiger partial charge >= 0.3 is 0 Å². The maximum absolute atomic E-state index is 11.6. The largest absolute Gasteiger partial charge is 0.365 e. The Hall–Kier alpha value is -1.66. The second-order valence-corrected chi connectivity index (χ2v) is 6.99. The zero-order chi connectivity index (χ0) is 16.9. The van der Waals surface area contributed by atoms with Crippen LogP contribution in [0.1, 0.15) is 36.0 Å². The molecule has 2 fully saturated rings. The fourth-order valence-corrected chi connectivity index (χ4v) is 3.87. The number of hydrogen-bond donors (Lipinski definition) is 1.